The van der Waals surface area contributed by atoms with Crippen molar-refractivity contribution in [3.05, 3.63) is 30.3 Å². The summed E-state index contributed by atoms with van der Waals surface area (Å²) < 4.78 is 1.33. The monoisotopic (exact) mass is 338 g/mol. The van der Waals surface area contributed by atoms with E-state index >= 15 is 0 Å². The molecule has 0 saturated carbocycles. The Labute approximate surface area is 125 Å². The Morgan fingerprint density at radius 3 is 2.60 bits per heavy atom. The Kier molecular flexibility index (Phi) is 3.14. The predicted molar refractivity (Wildman–Crippen MR) is 78.1 cm³/mol. The van der Waals surface area contributed by atoms with E-state index in [0.717, 1.165) is 18.2 Å². The van der Waals surface area contributed by atoms with Crippen molar-refractivity contribution in [2.75, 3.05) is 0 Å². The normalized spacial score (nSPS) is 32.4. The van der Waals surface area contributed by atoms with Crippen LogP contribution in [0.25, 0.3) is 0 Å². The zero-order valence-corrected chi connectivity index (χ0v) is 13.4. The Balaban J connectivity index is 1.79. The third-order valence-electron chi connectivity index (χ3n) is 4.39. The van der Waals surface area contributed by atoms with Gasteiger partial charge >= 0.3 is 125 Å². The number of imide groups is 1. The fourth-order valence-corrected chi connectivity index (χ4v) is 5.51. The van der Waals surface area contributed by atoms with Crippen molar-refractivity contribution in [3.63, 3.8) is 0 Å². The topological polar surface area (TPSA) is 49.4 Å². The van der Waals surface area contributed by atoms with Crippen LogP contribution in [0.4, 0.5) is 4.79 Å². The van der Waals surface area contributed by atoms with Crippen LogP contribution in [0.5, 0.6) is 0 Å². The molecule has 3 rings (SSSR count). The molecule has 106 valence electrons. The molecule has 5 heteroatoms. The van der Waals surface area contributed by atoms with Gasteiger partial charge in [-0.3, -0.25) is 0 Å². The molecular formula is C15H18N2O2Se. The van der Waals surface area contributed by atoms with Crippen LogP contribution >= 0.6 is 0 Å². The molecule has 2 aliphatic rings. The molecule has 0 bridgehead atoms. The Bertz CT molecular complexity index is 562. The molecule has 0 radical (unpaired) electrons. The zero-order valence-electron chi connectivity index (χ0n) is 11.7. The van der Waals surface area contributed by atoms with Gasteiger partial charge in [0.15, 0.2) is 0 Å². The van der Waals surface area contributed by atoms with Crippen LogP contribution in [0.15, 0.2) is 30.3 Å². The third-order valence-corrected chi connectivity index (χ3v) is 7.27. The fraction of sp³-hybridized carbons (Fsp3) is 0.467. The first kappa shape index (κ1) is 13.7. The van der Waals surface area contributed by atoms with Gasteiger partial charge in [-0.15, -0.1) is 0 Å². The Morgan fingerprint density at radius 2 is 1.90 bits per heavy atom. The summed E-state index contributed by atoms with van der Waals surface area (Å²) in [5.41, 5.74) is -0.848. The molecule has 1 N–H and O–H groups in total. The van der Waals surface area contributed by atoms with E-state index in [1.54, 1.807) is 4.90 Å². The van der Waals surface area contributed by atoms with Crippen LogP contribution in [-0.4, -0.2) is 42.9 Å². The molecule has 0 spiro atoms. The maximum atomic E-state index is 12.1. The number of benzene rings is 1. The van der Waals surface area contributed by atoms with E-state index in [-0.39, 0.29) is 17.5 Å². The van der Waals surface area contributed by atoms with E-state index in [2.05, 4.69) is 24.4 Å². The molecule has 2 unspecified atom stereocenters. The molecule has 4 nitrogen and oxygen atoms in total. The summed E-state index contributed by atoms with van der Waals surface area (Å²) in [6.07, 6.45) is 1.66. The van der Waals surface area contributed by atoms with Gasteiger partial charge in [0.1, 0.15) is 0 Å². The minimum absolute atomic E-state index is 0.140. The van der Waals surface area contributed by atoms with E-state index in [1.165, 1.54) is 4.46 Å². The molecule has 3 amide bonds. The van der Waals surface area contributed by atoms with Crippen molar-refractivity contribution in [3.8, 4) is 0 Å². The van der Waals surface area contributed by atoms with Crippen LogP contribution in [0, 0.1) is 0 Å². The molecule has 20 heavy (non-hydrogen) atoms. The molecule has 2 saturated heterocycles. The van der Waals surface area contributed by atoms with Crippen molar-refractivity contribution in [1.29, 1.82) is 0 Å². The molecule has 1 aromatic carbocycles. The Morgan fingerprint density at radius 1 is 1.20 bits per heavy atom. The van der Waals surface area contributed by atoms with Crippen molar-refractivity contribution in [2.45, 2.75) is 43.1 Å². The summed E-state index contributed by atoms with van der Waals surface area (Å²) in [7, 11) is 0. The minimum atomic E-state index is -0.640. The van der Waals surface area contributed by atoms with Gasteiger partial charge in [-0.1, -0.05) is 0 Å². The quantitative estimate of drug-likeness (QED) is 0.668. The first-order chi connectivity index (χ1) is 9.46. The molecule has 2 atom stereocenters. The number of nitrogens with zero attached hydrogens (tertiary/aromatic N) is 1. The number of amides is 3. The molecule has 0 aromatic heterocycles. The Hall–Kier alpha value is -1.32. The summed E-state index contributed by atoms with van der Waals surface area (Å²) >= 11 is 0.313. The van der Waals surface area contributed by atoms with Crippen molar-refractivity contribution < 1.29 is 9.59 Å². The van der Waals surface area contributed by atoms with Crippen LogP contribution in [0.3, 0.4) is 0 Å². The van der Waals surface area contributed by atoms with Gasteiger partial charge in [0, 0.05) is 0 Å². The number of hydrogen-bond donors (Lipinski definition) is 1. The fourth-order valence-electron chi connectivity index (χ4n) is 3.20. The second kappa shape index (κ2) is 4.61. The maximum absolute atomic E-state index is 12.1. The summed E-state index contributed by atoms with van der Waals surface area (Å²) in [4.78, 5) is 25.9. The summed E-state index contributed by atoms with van der Waals surface area (Å²) in [6, 6.07) is 10.1. The van der Waals surface area contributed by atoms with Crippen molar-refractivity contribution in [1.82, 2.24) is 10.2 Å². The van der Waals surface area contributed by atoms with E-state index in [9.17, 15) is 9.59 Å². The molecule has 2 heterocycles. The van der Waals surface area contributed by atoms with Crippen LogP contribution in [-0.2, 0) is 4.79 Å². The van der Waals surface area contributed by atoms with Gasteiger partial charge < -0.3 is 0 Å². The standard InChI is InChI=1S/C15H18N2O2Se/c1-14(10-20-11-6-4-3-5-7-11)8-9-15(2)12(18)16-13(19)17(14)15/h3-7H,8-10H2,1-2H3,(H,16,18,19). The van der Waals surface area contributed by atoms with Gasteiger partial charge in [-0.25, -0.2) is 0 Å². The van der Waals surface area contributed by atoms with E-state index in [1.807, 2.05) is 25.1 Å². The van der Waals surface area contributed by atoms with E-state index in [4.69, 9.17) is 0 Å². The second-order valence-corrected chi connectivity index (χ2v) is 8.17. The molecule has 1 aromatic rings. The number of urea groups is 1. The summed E-state index contributed by atoms with van der Waals surface area (Å²) in [5.74, 6) is -0.140. The second-order valence-electron chi connectivity index (χ2n) is 5.97. The van der Waals surface area contributed by atoms with Gasteiger partial charge in [0.25, 0.3) is 0 Å². The van der Waals surface area contributed by atoms with Crippen LogP contribution < -0.4 is 9.78 Å². The van der Waals surface area contributed by atoms with Crippen molar-refractivity contribution >= 4 is 31.4 Å². The molecule has 2 aliphatic heterocycles. The first-order valence-corrected chi connectivity index (χ1v) is 8.86. The molecule has 2 fully saturated rings. The number of rotatable bonds is 3. The van der Waals surface area contributed by atoms with Gasteiger partial charge in [0.2, 0.25) is 0 Å². The SMILES string of the molecule is CC1(C[Se]c2ccccc2)CCC2(C)C(=O)NC(=O)N12. The number of hydrogen-bond acceptors (Lipinski definition) is 2. The van der Waals surface area contributed by atoms with E-state index < -0.39 is 5.54 Å². The number of fused-ring (bicyclic) bond motifs is 1. The van der Waals surface area contributed by atoms with Gasteiger partial charge in [-0.2, -0.15) is 0 Å². The van der Waals surface area contributed by atoms with Crippen molar-refractivity contribution in [2.24, 2.45) is 0 Å². The van der Waals surface area contributed by atoms with Gasteiger partial charge in [-0.05, 0) is 0 Å². The zero-order chi connectivity index (χ0) is 14.4. The number of carbonyl (C=O) groups is 2. The molecule has 0 aliphatic carbocycles. The number of nitrogens with one attached hydrogen (secondary N) is 1. The third kappa shape index (κ3) is 1.97. The average molecular weight is 337 g/mol. The van der Waals surface area contributed by atoms with E-state index in [0.29, 0.717) is 15.0 Å². The molecular weight excluding hydrogens is 319 g/mol. The predicted octanol–water partition coefficient (Wildman–Crippen LogP) is 1.30. The average Bonchev–Trinajstić information content (AvgIpc) is 2.84. The van der Waals surface area contributed by atoms with Crippen LogP contribution in [0.2, 0.25) is 5.32 Å². The van der Waals surface area contributed by atoms with Gasteiger partial charge in [0.05, 0.1) is 0 Å². The number of carbonyl (C=O) groups excluding carboxylic acids is 2. The first-order valence-electron chi connectivity index (χ1n) is 6.79. The summed E-state index contributed by atoms with van der Waals surface area (Å²) in [5, 5.41) is 3.41. The van der Waals surface area contributed by atoms with Crippen LogP contribution in [0.1, 0.15) is 26.7 Å². The summed E-state index contributed by atoms with van der Waals surface area (Å²) in [6.45, 7) is 4.00.